The van der Waals surface area contributed by atoms with Crippen LogP contribution in [0, 0.1) is 17.2 Å². The lowest BCUT2D eigenvalue weighted by Crippen LogP contribution is -2.57. The molecule has 1 aliphatic heterocycles. The molecule has 2 aliphatic rings. The second-order valence-electron chi connectivity index (χ2n) is 8.41. The first-order valence-electron chi connectivity index (χ1n) is 10.7. The number of allylic oxidation sites excluding steroid dienone is 3. The highest BCUT2D eigenvalue weighted by Crippen LogP contribution is 2.48. The zero-order valence-electron chi connectivity index (χ0n) is 18.3. The Hall–Kier alpha value is -2.74. The van der Waals surface area contributed by atoms with E-state index in [4.69, 9.17) is 32.9 Å². The zero-order valence-corrected chi connectivity index (χ0v) is 19.8. The van der Waals surface area contributed by atoms with Crippen molar-refractivity contribution in [3.05, 3.63) is 87.4 Å². The third-order valence-electron chi connectivity index (χ3n) is 6.59. The van der Waals surface area contributed by atoms with Gasteiger partial charge < -0.3 is 10.1 Å². The predicted octanol–water partition coefficient (Wildman–Crippen LogP) is 6.33. The first-order valence-corrected chi connectivity index (χ1v) is 11.4. The molecule has 0 spiro atoms. The highest BCUT2D eigenvalue weighted by Gasteiger charge is 2.55. The van der Waals surface area contributed by atoms with Crippen LogP contribution < -0.4 is 10.1 Å². The summed E-state index contributed by atoms with van der Waals surface area (Å²) in [7, 11) is 0. The molecule has 2 aromatic carbocycles. The smallest absolute Gasteiger partial charge is 0.133 e. The summed E-state index contributed by atoms with van der Waals surface area (Å²) in [6.45, 7) is 6.77. The highest BCUT2D eigenvalue weighted by molar-refractivity contribution is 6.31. The van der Waals surface area contributed by atoms with Crippen molar-refractivity contribution < 1.29 is 4.74 Å². The van der Waals surface area contributed by atoms with Crippen LogP contribution in [0.4, 0.5) is 0 Å². The molecule has 0 amide bonds. The second-order valence-corrected chi connectivity index (χ2v) is 9.29. The largest absolute Gasteiger partial charge is 0.493 e. The van der Waals surface area contributed by atoms with Crippen molar-refractivity contribution in [2.24, 2.45) is 10.9 Å². The SMILES string of the molecule is CCOc1cc(C#N)ccc1C1=N[C@](C)(c2ccc(Cl)cc2)[C@](C)(C2C=CC(Cl)=CC2)N1. The van der Waals surface area contributed by atoms with Gasteiger partial charge in [0.25, 0.3) is 0 Å². The Morgan fingerprint density at radius 1 is 1.19 bits per heavy atom. The Morgan fingerprint density at radius 2 is 1.94 bits per heavy atom. The van der Waals surface area contributed by atoms with Crippen molar-refractivity contribution in [3.63, 3.8) is 0 Å². The molecule has 4 rings (SSSR count). The number of aliphatic imine (C=N–C) groups is 1. The molecule has 6 heteroatoms. The quantitative estimate of drug-likeness (QED) is 0.560. The van der Waals surface area contributed by atoms with Gasteiger partial charge in [0.1, 0.15) is 17.1 Å². The average molecular weight is 466 g/mol. The number of nitrogens with zero attached hydrogens (tertiary/aromatic N) is 2. The standard InChI is InChI=1S/C26H25Cl2N3O/c1-4-32-23-15-17(16-29)5-14-22(23)24-30-25(2,18-6-10-20(27)11-7-18)26(3,31-24)19-8-12-21(28)13-9-19/h5-8,10-15,19H,4,9H2,1-3H3,(H,30,31)/t19?,25-,26+/m1/s1. The van der Waals surface area contributed by atoms with Crippen molar-refractivity contribution >= 4 is 29.0 Å². The molecule has 0 aromatic heterocycles. The van der Waals surface area contributed by atoms with Crippen LogP contribution in [0.1, 0.15) is 43.9 Å². The highest BCUT2D eigenvalue weighted by atomic mass is 35.5. The Morgan fingerprint density at radius 3 is 2.56 bits per heavy atom. The van der Waals surface area contributed by atoms with E-state index in [9.17, 15) is 5.26 Å². The first kappa shape index (κ1) is 22.5. The molecule has 164 valence electrons. The summed E-state index contributed by atoms with van der Waals surface area (Å²) in [5.41, 5.74) is 1.42. The number of nitrogens with one attached hydrogen (secondary N) is 1. The predicted molar refractivity (Wildman–Crippen MR) is 130 cm³/mol. The molecular formula is C26H25Cl2N3O. The van der Waals surface area contributed by atoms with Crippen LogP contribution in [0.3, 0.4) is 0 Å². The molecule has 0 saturated carbocycles. The van der Waals surface area contributed by atoms with Gasteiger partial charge in [-0.15, -0.1) is 0 Å². The fourth-order valence-electron chi connectivity index (χ4n) is 4.54. The van der Waals surface area contributed by atoms with E-state index in [0.29, 0.717) is 22.9 Å². The molecule has 0 bridgehead atoms. The summed E-state index contributed by atoms with van der Waals surface area (Å²) in [6, 6.07) is 15.5. The van der Waals surface area contributed by atoms with E-state index in [1.54, 1.807) is 12.1 Å². The summed E-state index contributed by atoms with van der Waals surface area (Å²) in [6.07, 6.45) is 6.96. The van der Waals surface area contributed by atoms with Crippen LogP contribution in [-0.2, 0) is 5.54 Å². The summed E-state index contributed by atoms with van der Waals surface area (Å²) in [5, 5.41) is 14.5. The van der Waals surface area contributed by atoms with Crippen LogP contribution in [-0.4, -0.2) is 18.0 Å². The van der Waals surface area contributed by atoms with Crippen LogP contribution in [0.25, 0.3) is 0 Å². The van der Waals surface area contributed by atoms with Gasteiger partial charge >= 0.3 is 0 Å². The van der Waals surface area contributed by atoms with Crippen molar-refractivity contribution in [1.82, 2.24) is 5.32 Å². The molecule has 2 aromatic rings. The molecular weight excluding hydrogens is 441 g/mol. The van der Waals surface area contributed by atoms with Gasteiger partial charge in [0.05, 0.1) is 29.3 Å². The van der Waals surface area contributed by atoms with E-state index in [-0.39, 0.29) is 5.92 Å². The minimum atomic E-state index is -0.586. The van der Waals surface area contributed by atoms with E-state index < -0.39 is 11.1 Å². The van der Waals surface area contributed by atoms with E-state index in [2.05, 4.69) is 31.3 Å². The number of nitriles is 1. The van der Waals surface area contributed by atoms with Crippen molar-refractivity contribution in [1.29, 1.82) is 5.26 Å². The fraction of sp³-hybridized carbons (Fsp3) is 0.308. The second kappa shape index (κ2) is 8.65. The minimum Gasteiger partial charge on any atom is -0.493 e. The van der Waals surface area contributed by atoms with Gasteiger partial charge in [0.15, 0.2) is 0 Å². The summed E-state index contributed by atoms with van der Waals surface area (Å²) in [4.78, 5) is 5.25. The van der Waals surface area contributed by atoms with Gasteiger partial charge in [0.2, 0.25) is 0 Å². The van der Waals surface area contributed by atoms with Gasteiger partial charge in [-0.25, -0.2) is 0 Å². The number of rotatable bonds is 5. The van der Waals surface area contributed by atoms with Gasteiger partial charge in [0, 0.05) is 16.0 Å². The normalized spacial score (nSPS) is 26.7. The number of benzene rings is 2. The minimum absolute atomic E-state index is 0.154. The average Bonchev–Trinajstić information content (AvgIpc) is 3.07. The number of hydrogen-bond donors (Lipinski definition) is 1. The molecule has 0 saturated heterocycles. The van der Waals surface area contributed by atoms with Gasteiger partial charge in [-0.05, 0) is 69.2 Å². The van der Waals surface area contributed by atoms with Crippen LogP contribution in [0.5, 0.6) is 5.75 Å². The van der Waals surface area contributed by atoms with Crippen molar-refractivity contribution in [2.75, 3.05) is 6.61 Å². The van der Waals surface area contributed by atoms with Crippen LogP contribution in [0.15, 0.2) is 70.7 Å². The maximum atomic E-state index is 9.33. The topological polar surface area (TPSA) is 57.4 Å². The summed E-state index contributed by atoms with van der Waals surface area (Å²) in [5.74, 6) is 1.54. The summed E-state index contributed by atoms with van der Waals surface area (Å²) >= 11 is 12.4. The molecule has 1 N–H and O–H groups in total. The maximum Gasteiger partial charge on any atom is 0.133 e. The number of ether oxygens (including phenoxy) is 1. The Bertz CT molecular complexity index is 1160. The monoisotopic (exact) mass is 465 g/mol. The Labute approximate surface area is 199 Å². The van der Waals surface area contributed by atoms with E-state index in [1.807, 2.05) is 49.4 Å². The maximum absolute atomic E-state index is 9.33. The van der Waals surface area contributed by atoms with E-state index in [0.717, 1.165) is 28.4 Å². The van der Waals surface area contributed by atoms with E-state index in [1.165, 1.54) is 0 Å². The van der Waals surface area contributed by atoms with Crippen LogP contribution in [0.2, 0.25) is 5.02 Å². The fourth-order valence-corrected chi connectivity index (χ4v) is 4.83. The lowest BCUT2D eigenvalue weighted by atomic mass is 9.67. The number of amidine groups is 1. The molecule has 4 nitrogen and oxygen atoms in total. The first-order chi connectivity index (χ1) is 15.3. The number of hydrogen-bond acceptors (Lipinski definition) is 4. The molecule has 1 aliphatic carbocycles. The zero-order chi connectivity index (χ0) is 22.9. The molecule has 32 heavy (non-hydrogen) atoms. The molecule has 0 fully saturated rings. The lowest BCUT2D eigenvalue weighted by molar-refractivity contribution is 0.198. The summed E-state index contributed by atoms with van der Waals surface area (Å²) < 4.78 is 5.88. The molecule has 1 heterocycles. The third kappa shape index (κ3) is 3.81. The van der Waals surface area contributed by atoms with E-state index >= 15 is 0 Å². The van der Waals surface area contributed by atoms with Crippen molar-refractivity contribution in [2.45, 2.75) is 38.3 Å². The van der Waals surface area contributed by atoms with Crippen LogP contribution >= 0.6 is 23.2 Å². The molecule has 3 atom stereocenters. The lowest BCUT2D eigenvalue weighted by Gasteiger charge is -2.45. The Kier molecular flexibility index (Phi) is 6.07. The van der Waals surface area contributed by atoms with Gasteiger partial charge in [-0.3, -0.25) is 4.99 Å². The number of halogens is 2. The van der Waals surface area contributed by atoms with Gasteiger partial charge in [-0.2, -0.15) is 5.26 Å². The third-order valence-corrected chi connectivity index (χ3v) is 7.13. The molecule has 0 radical (unpaired) electrons. The van der Waals surface area contributed by atoms with Crippen molar-refractivity contribution in [3.8, 4) is 11.8 Å². The van der Waals surface area contributed by atoms with Gasteiger partial charge in [-0.1, -0.05) is 47.5 Å². The molecule has 1 unspecified atom stereocenters. The Balaban J connectivity index is 1.85.